The maximum absolute atomic E-state index is 13.8. The first-order valence-electron chi connectivity index (χ1n) is 6.59. The molecule has 122 valence electrons. The molecule has 0 bridgehead atoms. The number of nitrogens with zero attached hydrogens (tertiary/aromatic N) is 3. The van der Waals surface area contributed by atoms with Crippen molar-refractivity contribution in [3.8, 4) is 17.4 Å². The van der Waals surface area contributed by atoms with Gasteiger partial charge in [-0.2, -0.15) is 0 Å². The molecule has 3 aromatic rings. The molecule has 0 unspecified atom stereocenters. The number of methoxy groups -OCH3 is 1. The lowest BCUT2D eigenvalue weighted by Crippen LogP contribution is -1.97. The number of aromatic nitrogens is 2. The Labute approximate surface area is 143 Å². The number of benzene rings is 2. The van der Waals surface area contributed by atoms with Crippen molar-refractivity contribution in [1.82, 2.24) is 9.97 Å². The van der Waals surface area contributed by atoms with Crippen molar-refractivity contribution in [2.75, 3.05) is 7.11 Å². The molecule has 0 amide bonds. The van der Waals surface area contributed by atoms with E-state index >= 15 is 0 Å². The highest BCUT2D eigenvalue weighted by molar-refractivity contribution is 9.10. The number of hydrogen-bond donors (Lipinski definition) is 0. The van der Waals surface area contributed by atoms with E-state index in [1.54, 1.807) is 6.07 Å². The molecular formula is C15H9BrFN3O4. The van der Waals surface area contributed by atoms with Crippen LogP contribution in [0.15, 0.2) is 41.1 Å². The van der Waals surface area contributed by atoms with E-state index in [9.17, 15) is 14.5 Å². The predicted molar refractivity (Wildman–Crippen MR) is 86.9 cm³/mol. The summed E-state index contributed by atoms with van der Waals surface area (Å²) in [5.74, 6) is -0.521. The Bertz CT molecular complexity index is 951. The maximum Gasteiger partial charge on any atom is 0.312 e. The largest absolute Gasteiger partial charge is 0.494 e. The minimum absolute atomic E-state index is 0.00601. The first-order valence-corrected chi connectivity index (χ1v) is 7.39. The fourth-order valence-corrected chi connectivity index (χ4v) is 2.44. The van der Waals surface area contributed by atoms with Crippen molar-refractivity contribution in [1.29, 1.82) is 0 Å². The van der Waals surface area contributed by atoms with Gasteiger partial charge in [-0.05, 0) is 18.2 Å². The average Bonchev–Trinajstić information content (AvgIpc) is 2.55. The molecule has 0 radical (unpaired) electrons. The summed E-state index contributed by atoms with van der Waals surface area (Å²) < 4.78 is 24.8. The SMILES string of the molecule is COc1cc2c(Oc3ccc(Br)cc3[N+](=O)[O-])ncnc2cc1F. The zero-order valence-electron chi connectivity index (χ0n) is 12.2. The minimum Gasteiger partial charge on any atom is -0.494 e. The van der Waals surface area contributed by atoms with Crippen LogP contribution in [0.1, 0.15) is 0 Å². The van der Waals surface area contributed by atoms with Crippen LogP contribution >= 0.6 is 15.9 Å². The van der Waals surface area contributed by atoms with Crippen LogP contribution in [0.2, 0.25) is 0 Å². The van der Waals surface area contributed by atoms with Gasteiger partial charge in [0.15, 0.2) is 11.6 Å². The first-order chi connectivity index (χ1) is 11.5. The van der Waals surface area contributed by atoms with Gasteiger partial charge in [0, 0.05) is 16.6 Å². The molecule has 0 saturated carbocycles. The smallest absolute Gasteiger partial charge is 0.312 e. The van der Waals surface area contributed by atoms with Crippen LogP contribution in [0, 0.1) is 15.9 Å². The van der Waals surface area contributed by atoms with E-state index in [1.165, 1.54) is 37.7 Å². The highest BCUT2D eigenvalue weighted by atomic mass is 79.9. The van der Waals surface area contributed by atoms with E-state index in [2.05, 4.69) is 25.9 Å². The second-order valence-electron chi connectivity index (χ2n) is 4.65. The van der Waals surface area contributed by atoms with Crippen LogP contribution in [0.3, 0.4) is 0 Å². The van der Waals surface area contributed by atoms with Crippen LogP contribution < -0.4 is 9.47 Å². The Balaban J connectivity index is 2.13. The maximum atomic E-state index is 13.8. The lowest BCUT2D eigenvalue weighted by molar-refractivity contribution is -0.385. The van der Waals surface area contributed by atoms with Crippen molar-refractivity contribution in [3.05, 3.63) is 57.1 Å². The quantitative estimate of drug-likeness (QED) is 0.486. The highest BCUT2D eigenvalue weighted by Crippen LogP contribution is 2.36. The Morgan fingerprint density at radius 3 is 2.71 bits per heavy atom. The number of nitro benzene ring substituents is 1. The van der Waals surface area contributed by atoms with Gasteiger partial charge < -0.3 is 9.47 Å². The molecule has 9 heteroatoms. The Hall–Kier alpha value is -2.81. The van der Waals surface area contributed by atoms with Gasteiger partial charge in [0.25, 0.3) is 0 Å². The zero-order chi connectivity index (χ0) is 17.3. The standard InChI is InChI=1S/C15H9BrFN3O4/c1-23-14-5-9-11(6-10(14)17)18-7-19-15(9)24-13-3-2-8(16)4-12(13)20(21)22/h2-7H,1H3. The summed E-state index contributed by atoms with van der Waals surface area (Å²) in [5, 5.41) is 11.5. The van der Waals surface area contributed by atoms with Crippen molar-refractivity contribution in [2.24, 2.45) is 0 Å². The third-order valence-corrected chi connectivity index (χ3v) is 3.69. The van der Waals surface area contributed by atoms with Crippen LogP contribution in [0.5, 0.6) is 17.4 Å². The Morgan fingerprint density at radius 1 is 1.21 bits per heavy atom. The fraction of sp³-hybridized carbons (Fsp3) is 0.0667. The molecule has 0 atom stereocenters. The number of fused-ring (bicyclic) bond motifs is 1. The van der Waals surface area contributed by atoms with E-state index in [4.69, 9.17) is 9.47 Å². The van der Waals surface area contributed by atoms with Gasteiger partial charge >= 0.3 is 5.69 Å². The normalized spacial score (nSPS) is 10.6. The van der Waals surface area contributed by atoms with Crippen LogP contribution in [-0.4, -0.2) is 22.0 Å². The molecule has 0 fully saturated rings. The Kier molecular flexibility index (Phi) is 4.26. The van der Waals surface area contributed by atoms with Gasteiger partial charge in [-0.15, -0.1) is 0 Å². The van der Waals surface area contributed by atoms with Crippen molar-refractivity contribution >= 4 is 32.5 Å². The van der Waals surface area contributed by atoms with Crippen LogP contribution in [0.25, 0.3) is 10.9 Å². The summed E-state index contributed by atoms with van der Waals surface area (Å²) in [6, 6.07) is 6.92. The minimum atomic E-state index is -0.579. The van der Waals surface area contributed by atoms with Gasteiger partial charge in [0.05, 0.1) is 22.9 Å². The number of ether oxygens (including phenoxy) is 2. The molecular weight excluding hydrogens is 385 g/mol. The fourth-order valence-electron chi connectivity index (χ4n) is 2.10. The third kappa shape index (κ3) is 2.98. The summed E-state index contributed by atoms with van der Waals surface area (Å²) in [4.78, 5) is 18.6. The predicted octanol–water partition coefficient (Wildman–Crippen LogP) is 4.24. The molecule has 0 aliphatic carbocycles. The molecule has 0 aliphatic rings. The van der Waals surface area contributed by atoms with E-state index in [-0.39, 0.29) is 28.6 Å². The monoisotopic (exact) mass is 393 g/mol. The molecule has 0 saturated heterocycles. The van der Waals surface area contributed by atoms with Gasteiger partial charge in [0.2, 0.25) is 11.6 Å². The summed E-state index contributed by atoms with van der Waals surface area (Å²) in [7, 11) is 1.33. The van der Waals surface area contributed by atoms with E-state index in [0.717, 1.165) is 0 Å². The third-order valence-electron chi connectivity index (χ3n) is 3.20. The molecule has 1 aromatic heterocycles. The first kappa shape index (κ1) is 16.1. The zero-order valence-corrected chi connectivity index (χ0v) is 13.8. The number of nitro groups is 1. The van der Waals surface area contributed by atoms with Crippen molar-refractivity contribution < 1.29 is 18.8 Å². The molecule has 1 heterocycles. The lowest BCUT2D eigenvalue weighted by Gasteiger charge is -2.09. The van der Waals surface area contributed by atoms with Crippen LogP contribution in [-0.2, 0) is 0 Å². The van der Waals surface area contributed by atoms with Crippen molar-refractivity contribution in [2.45, 2.75) is 0 Å². The number of halogens is 2. The molecule has 2 aromatic carbocycles. The topological polar surface area (TPSA) is 87.4 Å². The molecule has 7 nitrogen and oxygen atoms in total. The summed E-state index contributed by atoms with van der Waals surface area (Å²) in [6.07, 6.45) is 1.19. The van der Waals surface area contributed by atoms with Crippen LogP contribution in [0.4, 0.5) is 10.1 Å². The second-order valence-corrected chi connectivity index (χ2v) is 5.57. The molecule has 0 spiro atoms. The summed E-state index contributed by atoms with van der Waals surface area (Å²) in [5.41, 5.74) is 0.0586. The number of rotatable bonds is 4. The summed E-state index contributed by atoms with van der Waals surface area (Å²) in [6.45, 7) is 0. The van der Waals surface area contributed by atoms with E-state index in [1.807, 2.05) is 0 Å². The summed E-state index contributed by atoms with van der Waals surface area (Å²) >= 11 is 3.17. The van der Waals surface area contributed by atoms with E-state index in [0.29, 0.717) is 9.86 Å². The van der Waals surface area contributed by atoms with Gasteiger partial charge in [-0.3, -0.25) is 10.1 Å². The average molecular weight is 394 g/mol. The van der Waals surface area contributed by atoms with Gasteiger partial charge in [-0.25, -0.2) is 14.4 Å². The highest BCUT2D eigenvalue weighted by Gasteiger charge is 2.19. The molecule has 0 N–H and O–H groups in total. The van der Waals surface area contributed by atoms with Gasteiger partial charge in [0.1, 0.15) is 6.33 Å². The van der Waals surface area contributed by atoms with E-state index < -0.39 is 10.7 Å². The molecule has 0 aliphatic heterocycles. The molecule has 24 heavy (non-hydrogen) atoms. The number of hydrogen-bond acceptors (Lipinski definition) is 6. The van der Waals surface area contributed by atoms with Gasteiger partial charge in [-0.1, -0.05) is 15.9 Å². The molecule has 3 rings (SSSR count). The second kappa shape index (κ2) is 6.36. The lowest BCUT2D eigenvalue weighted by atomic mass is 10.2. The van der Waals surface area contributed by atoms with Crippen molar-refractivity contribution in [3.63, 3.8) is 0 Å². The Morgan fingerprint density at radius 2 is 2.00 bits per heavy atom.